The number of nitrogens with one attached hydrogen (secondary N) is 1. The first-order valence-electron chi connectivity index (χ1n) is 8.57. The van der Waals surface area contributed by atoms with Gasteiger partial charge in [0.05, 0.1) is 0 Å². The third-order valence-corrected chi connectivity index (χ3v) is 4.83. The van der Waals surface area contributed by atoms with Gasteiger partial charge in [-0.15, -0.1) is 0 Å². The van der Waals surface area contributed by atoms with Gasteiger partial charge in [0.2, 0.25) is 0 Å². The Balaban J connectivity index is 1.72. The number of hydrogen-bond acceptors (Lipinski definition) is 4. The molecule has 1 aliphatic rings. The highest BCUT2D eigenvalue weighted by Crippen LogP contribution is 2.22. The number of hydrogen-bond donors (Lipinski definition) is 1. The lowest BCUT2D eigenvalue weighted by Crippen LogP contribution is -2.46. The minimum atomic E-state index is -0.152. The summed E-state index contributed by atoms with van der Waals surface area (Å²) in [5.41, 5.74) is 2.30. The Labute approximate surface area is 153 Å². The molecular weight excluding hydrogens is 336 g/mol. The van der Waals surface area contributed by atoms with E-state index in [-0.39, 0.29) is 5.91 Å². The Kier molecular flexibility index (Phi) is 5.56. The molecule has 6 heteroatoms. The zero-order valence-electron chi connectivity index (χ0n) is 14.6. The van der Waals surface area contributed by atoms with Crippen LogP contribution >= 0.6 is 11.6 Å². The van der Waals surface area contributed by atoms with Crippen molar-refractivity contribution in [2.45, 2.75) is 13.8 Å². The second kappa shape index (κ2) is 7.85. The van der Waals surface area contributed by atoms with Gasteiger partial charge in [-0.25, -0.2) is 4.98 Å². The number of anilines is 2. The third-order valence-electron chi connectivity index (χ3n) is 4.60. The number of carbonyl (C=O) groups is 1. The molecule has 0 bridgehead atoms. The number of nitrogens with zero attached hydrogens (tertiary/aromatic N) is 3. The predicted octanol–water partition coefficient (Wildman–Crippen LogP) is 3.44. The van der Waals surface area contributed by atoms with Gasteiger partial charge in [-0.05, 0) is 43.3 Å². The Bertz CT molecular complexity index is 757. The number of piperazine rings is 1. The van der Waals surface area contributed by atoms with Crippen LogP contribution in [0.15, 0.2) is 36.5 Å². The highest BCUT2D eigenvalue weighted by atomic mass is 35.5. The molecule has 0 unspecified atom stereocenters. The first-order chi connectivity index (χ1) is 12.1. The average Bonchev–Trinajstić information content (AvgIpc) is 2.65. The number of rotatable bonds is 4. The van der Waals surface area contributed by atoms with Gasteiger partial charge >= 0.3 is 0 Å². The maximum absolute atomic E-state index is 12.6. The normalized spacial score (nSPS) is 15.2. The standard InChI is InChI=1S/C19H23ClN4O/c1-3-23-8-10-24(11-9-23)18-12-15(6-7-21-18)19(25)22-17-13-16(20)5-4-14(17)2/h4-7,12-13H,3,8-11H2,1-2H3,(H,22,25). The molecule has 2 heterocycles. The molecule has 1 saturated heterocycles. The number of aryl methyl sites for hydroxylation is 1. The summed E-state index contributed by atoms with van der Waals surface area (Å²) in [7, 11) is 0. The molecular formula is C19H23ClN4O. The van der Waals surface area contributed by atoms with Crippen LogP contribution in [0.3, 0.4) is 0 Å². The van der Waals surface area contributed by atoms with Crippen molar-refractivity contribution in [3.8, 4) is 0 Å². The fraction of sp³-hybridized carbons (Fsp3) is 0.368. The van der Waals surface area contributed by atoms with E-state index in [0.717, 1.165) is 49.8 Å². The molecule has 3 rings (SSSR count). The van der Waals surface area contributed by atoms with Gasteiger partial charge in [-0.2, -0.15) is 0 Å². The van der Waals surface area contributed by atoms with Crippen LogP contribution < -0.4 is 10.2 Å². The van der Waals surface area contributed by atoms with E-state index in [9.17, 15) is 4.79 Å². The van der Waals surface area contributed by atoms with Crippen LogP contribution in [-0.2, 0) is 0 Å². The van der Waals surface area contributed by atoms with Crippen molar-refractivity contribution < 1.29 is 4.79 Å². The Morgan fingerprint density at radius 3 is 2.68 bits per heavy atom. The fourth-order valence-electron chi connectivity index (χ4n) is 2.95. The fourth-order valence-corrected chi connectivity index (χ4v) is 3.12. The molecule has 1 fully saturated rings. The number of amides is 1. The predicted molar refractivity (Wildman–Crippen MR) is 103 cm³/mol. The molecule has 1 N–H and O–H groups in total. The molecule has 0 aliphatic carbocycles. The van der Waals surface area contributed by atoms with Crippen molar-refractivity contribution in [1.82, 2.24) is 9.88 Å². The third kappa shape index (κ3) is 4.30. The van der Waals surface area contributed by atoms with Crippen molar-refractivity contribution in [1.29, 1.82) is 0 Å². The van der Waals surface area contributed by atoms with E-state index in [1.54, 1.807) is 18.3 Å². The van der Waals surface area contributed by atoms with E-state index < -0.39 is 0 Å². The maximum atomic E-state index is 12.6. The minimum absolute atomic E-state index is 0.152. The summed E-state index contributed by atoms with van der Waals surface area (Å²) < 4.78 is 0. The maximum Gasteiger partial charge on any atom is 0.255 e. The molecule has 0 spiro atoms. The average molecular weight is 359 g/mol. The molecule has 2 aromatic rings. The van der Waals surface area contributed by atoms with Gasteiger partial charge in [0.25, 0.3) is 5.91 Å². The lowest BCUT2D eigenvalue weighted by Gasteiger charge is -2.34. The van der Waals surface area contributed by atoms with Gasteiger partial charge in [0, 0.05) is 48.6 Å². The molecule has 5 nitrogen and oxygen atoms in total. The van der Waals surface area contributed by atoms with Crippen LogP contribution in [0.4, 0.5) is 11.5 Å². The number of aromatic nitrogens is 1. The smallest absolute Gasteiger partial charge is 0.255 e. The van der Waals surface area contributed by atoms with Crippen LogP contribution in [0.5, 0.6) is 0 Å². The van der Waals surface area contributed by atoms with E-state index in [0.29, 0.717) is 10.6 Å². The summed E-state index contributed by atoms with van der Waals surface area (Å²) in [5.74, 6) is 0.701. The monoisotopic (exact) mass is 358 g/mol. The van der Waals surface area contributed by atoms with Crippen LogP contribution in [0.25, 0.3) is 0 Å². The highest BCUT2D eigenvalue weighted by molar-refractivity contribution is 6.31. The molecule has 1 aromatic carbocycles. The summed E-state index contributed by atoms with van der Waals surface area (Å²) in [5, 5.41) is 3.54. The van der Waals surface area contributed by atoms with Crippen LogP contribution in [-0.4, -0.2) is 48.5 Å². The van der Waals surface area contributed by atoms with E-state index in [4.69, 9.17) is 11.6 Å². The lowest BCUT2D eigenvalue weighted by molar-refractivity contribution is 0.102. The first-order valence-corrected chi connectivity index (χ1v) is 8.95. The Morgan fingerprint density at radius 1 is 1.20 bits per heavy atom. The molecule has 1 amide bonds. The number of likely N-dealkylation sites (N-methyl/N-ethyl adjacent to an activating group) is 1. The summed E-state index contributed by atoms with van der Waals surface area (Å²) >= 11 is 6.02. The second-order valence-electron chi connectivity index (χ2n) is 6.24. The van der Waals surface area contributed by atoms with E-state index in [1.165, 1.54) is 0 Å². The Morgan fingerprint density at radius 2 is 1.96 bits per heavy atom. The van der Waals surface area contributed by atoms with E-state index in [1.807, 2.05) is 25.1 Å². The van der Waals surface area contributed by atoms with Crippen molar-refractivity contribution in [3.63, 3.8) is 0 Å². The number of carbonyl (C=O) groups excluding carboxylic acids is 1. The van der Waals surface area contributed by atoms with Crippen LogP contribution in [0.2, 0.25) is 5.02 Å². The van der Waals surface area contributed by atoms with Crippen molar-refractivity contribution >= 4 is 29.0 Å². The molecule has 1 aliphatic heterocycles. The van der Waals surface area contributed by atoms with Crippen molar-refractivity contribution in [2.24, 2.45) is 0 Å². The minimum Gasteiger partial charge on any atom is -0.354 e. The number of benzene rings is 1. The van der Waals surface area contributed by atoms with Gasteiger partial charge in [-0.3, -0.25) is 4.79 Å². The van der Waals surface area contributed by atoms with Gasteiger partial charge < -0.3 is 15.1 Å². The van der Waals surface area contributed by atoms with Crippen LogP contribution in [0, 0.1) is 6.92 Å². The van der Waals surface area contributed by atoms with Gasteiger partial charge in [0.15, 0.2) is 0 Å². The second-order valence-corrected chi connectivity index (χ2v) is 6.67. The topological polar surface area (TPSA) is 48.5 Å². The summed E-state index contributed by atoms with van der Waals surface area (Å²) in [6.45, 7) is 9.10. The molecule has 132 valence electrons. The summed E-state index contributed by atoms with van der Waals surface area (Å²) in [6, 6.07) is 9.06. The molecule has 1 aromatic heterocycles. The van der Waals surface area contributed by atoms with Crippen molar-refractivity contribution in [3.05, 3.63) is 52.7 Å². The first kappa shape index (κ1) is 17.7. The van der Waals surface area contributed by atoms with E-state index >= 15 is 0 Å². The number of pyridine rings is 1. The molecule has 0 atom stereocenters. The van der Waals surface area contributed by atoms with Gasteiger partial charge in [-0.1, -0.05) is 24.6 Å². The highest BCUT2D eigenvalue weighted by Gasteiger charge is 2.18. The number of halogens is 1. The van der Waals surface area contributed by atoms with Crippen LogP contribution in [0.1, 0.15) is 22.8 Å². The molecule has 0 saturated carbocycles. The zero-order valence-corrected chi connectivity index (χ0v) is 15.4. The summed E-state index contributed by atoms with van der Waals surface area (Å²) in [6.07, 6.45) is 1.70. The van der Waals surface area contributed by atoms with Gasteiger partial charge in [0.1, 0.15) is 5.82 Å². The SMILES string of the molecule is CCN1CCN(c2cc(C(=O)Nc3cc(Cl)ccc3C)ccn2)CC1. The molecule has 25 heavy (non-hydrogen) atoms. The molecule has 0 radical (unpaired) electrons. The lowest BCUT2D eigenvalue weighted by atomic mass is 10.1. The van der Waals surface area contributed by atoms with Crippen molar-refractivity contribution in [2.75, 3.05) is 42.9 Å². The largest absolute Gasteiger partial charge is 0.354 e. The quantitative estimate of drug-likeness (QED) is 0.909. The zero-order chi connectivity index (χ0) is 17.8. The van der Waals surface area contributed by atoms with E-state index in [2.05, 4.69) is 27.0 Å². The summed E-state index contributed by atoms with van der Waals surface area (Å²) in [4.78, 5) is 21.7. The Hall–Kier alpha value is -2.11.